The highest BCUT2D eigenvalue weighted by Gasteiger charge is 2.42. The van der Waals surface area contributed by atoms with Crippen LogP contribution in [0.3, 0.4) is 0 Å². The average molecular weight is 469 g/mol. The Labute approximate surface area is 207 Å². The summed E-state index contributed by atoms with van der Waals surface area (Å²) < 4.78 is 5.64. The number of piperidine rings is 1. The maximum Gasteiger partial charge on any atom is 0.260 e. The van der Waals surface area contributed by atoms with Crippen LogP contribution in [0.25, 0.3) is 0 Å². The lowest BCUT2D eigenvalue weighted by Crippen LogP contribution is -2.45. The topological polar surface area (TPSA) is 71.2 Å². The monoisotopic (exact) mass is 468 g/mol. The number of amides is 1. The summed E-state index contributed by atoms with van der Waals surface area (Å²) in [6.45, 7) is 3.14. The maximum atomic E-state index is 12.6. The van der Waals surface area contributed by atoms with Crippen LogP contribution in [-0.4, -0.2) is 54.5 Å². The van der Waals surface area contributed by atoms with Crippen LogP contribution < -0.4 is 10.5 Å². The van der Waals surface area contributed by atoms with Gasteiger partial charge in [0.1, 0.15) is 11.3 Å². The normalized spacial score (nSPS) is 17.8. The van der Waals surface area contributed by atoms with Gasteiger partial charge in [0.15, 0.2) is 12.6 Å². The number of hydrogen-bond donors (Lipinski definition) is 1. The van der Waals surface area contributed by atoms with Gasteiger partial charge in [-0.25, -0.2) is 4.99 Å². The second-order valence-electron chi connectivity index (χ2n) is 9.37. The lowest BCUT2D eigenvalue weighted by atomic mass is 9.83. The maximum absolute atomic E-state index is 12.6. The van der Waals surface area contributed by atoms with E-state index in [-0.39, 0.29) is 12.5 Å². The van der Waals surface area contributed by atoms with Crippen molar-refractivity contribution >= 4 is 11.9 Å². The van der Waals surface area contributed by atoms with E-state index in [2.05, 4.69) is 53.4 Å². The molecule has 0 aromatic heterocycles. The first-order valence-electron chi connectivity index (χ1n) is 12.3. The van der Waals surface area contributed by atoms with Gasteiger partial charge in [-0.1, -0.05) is 78.9 Å². The molecule has 0 unspecified atom stereocenters. The Morgan fingerprint density at radius 3 is 2.00 bits per heavy atom. The molecular weight excluding hydrogens is 436 g/mol. The van der Waals surface area contributed by atoms with E-state index < -0.39 is 5.54 Å². The van der Waals surface area contributed by atoms with Crippen molar-refractivity contribution in [2.24, 2.45) is 16.6 Å². The number of rotatable bonds is 7. The molecule has 6 heteroatoms. The minimum Gasteiger partial charge on any atom is -0.484 e. The Morgan fingerprint density at radius 2 is 1.43 bits per heavy atom. The molecule has 2 N–H and O–H groups in total. The highest BCUT2D eigenvalue weighted by Crippen LogP contribution is 2.38. The van der Waals surface area contributed by atoms with Gasteiger partial charge in [-0.3, -0.25) is 4.79 Å². The molecule has 5 rings (SSSR count). The quantitative estimate of drug-likeness (QED) is 0.571. The molecule has 2 heterocycles. The first kappa shape index (κ1) is 23.0. The molecule has 180 valence electrons. The molecule has 1 amide bonds. The van der Waals surface area contributed by atoms with Gasteiger partial charge in [-0.05, 0) is 42.0 Å². The molecule has 2 aliphatic heterocycles. The van der Waals surface area contributed by atoms with Crippen molar-refractivity contribution in [3.63, 3.8) is 0 Å². The number of hydrogen-bond acceptors (Lipinski definition) is 5. The van der Waals surface area contributed by atoms with E-state index >= 15 is 0 Å². The summed E-state index contributed by atoms with van der Waals surface area (Å²) in [6, 6.07) is 30.3. The third-order valence-electron chi connectivity index (χ3n) is 7.10. The van der Waals surface area contributed by atoms with Gasteiger partial charge < -0.3 is 20.3 Å². The molecule has 1 fully saturated rings. The zero-order valence-electron chi connectivity index (χ0n) is 19.9. The van der Waals surface area contributed by atoms with Gasteiger partial charge in [0.25, 0.3) is 5.91 Å². The number of carbonyl (C=O) groups excluding carboxylic acids is 1. The van der Waals surface area contributed by atoms with Crippen molar-refractivity contribution in [2.75, 3.05) is 32.8 Å². The van der Waals surface area contributed by atoms with E-state index in [0.717, 1.165) is 55.9 Å². The lowest BCUT2D eigenvalue weighted by Gasteiger charge is -2.35. The number of aliphatic imine (C=N–C) groups is 1. The highest BCUT2D eigenvalue weighted by atomic mass is 16.5. The second-order valence-corrected chi connectivity index (χ2v) is 9.37. The van der Waals surface area contributed by atoms with E-state index in [0.29, 0.717) is 11.9 Å². The van der Waals surface area contributed by atoms with Gasteiger partial charge in [0.2, 0.25) is 0 Å². The number of likely N-dealkylation sites (tertiary alicyclic amines) is 1. The predicted molar refractivity (Wildman–Crippen MR) is 138 cm³/mol. The SMILES string of the molecule is NC1=NC(c2ccccc2)(c2ccccc2)CN1CC1CCN(C(=O)COc2ccccc2)CC1. The Bertz CT molecular complexity index is 1100. The standard InChI is InChI=1S/C29H32N4O2/c30-28-31-29(24-10-4-1-5-11-24,25-12-6-2-7-13-25)22-33(28)20-23-16-18-32(19-17-23)27(34)21-35-26-14-8-3-9-15-26/h1-15,23H,16-22H2,(H2,30,31). The molecule has 0 radical (unpaired) electrons. The van der Waals surface area contributed by atoms with Crippen molar-refractivity contribution in [1.82, 2.24) is 9.80 Å². The fourth-order valence-corrected chi connectivity index (χ4v) is 5.15. The molecule has 3 aromatic carbocycles. The van der Waals surface area contributed by atoms with Crippen molar-refractivity contribution in [1.29, 1.82) is 0 Å². The summed E-state index contributed by atoms with van der Waals surface area (Å²) in [4.78, 5) is 21.8. The first-order valence-corrected chi connectivity index (χ1v) is 12.3. The number of benzene rings is 3. The predicted octanol–water partition coefficient (Wildman–Crippen LogP) is 3.88. The van der Waals surface area contributed by atoms with Crippen molar-refractivity contribution in [3.8, 4) is 5.75 Å². The molecular formula is C29H32N4O2. The van der Waals surface area contributed by atoms with Gasteiger partial charge in [0, 0.05) is 19.6 Å². The summed E-state index contributed by atoms with van der Waals surface area (Å²) in [5.74, 6) is 1.82. The summed E-state index contributed by atoms with van der Waals surface area (Å²) >= 11 is 0. The fraction of sp³-hybridized carbons (Fsp3) is 0.310. The van der Waals surface area contributed by atoms with E-state index in [1.165, 1.54) is 0 Å². The molecule has 35 heavy (non-hydrogen) atoms. The number of nitrogens with zero attached hydrogens (tertiary/aromatic N) is 3. The second kappa shape index (κ2) is 10.2. The third-order valence-corrected chi connectivity index (χ3v) is 7.10. The van der Waals surface area contributed by atoms with Crippen LogP contribution in [0.15, 0.2) is 96.0 Å². The molecule has 0 bridgehead atoms. The minimum absolute atomic E-state index is 0.0433. The molecule has 3 aromatic rings. The number of para-hydroxylation sites is 1. The number of carbonyl (C=O) groups is 1. The first-order chi connectivity index (χ1) is 17.1. The molecule has 0 spiro atoms. The Morgan fingerprint density at radius 1 is 0.886 bits per heavy atom. The van der Waals surface area contributed by atoms with E-state index in [4.69, 9.17) is 15.5 Å². The number of nitrogens with two attached hydrogens (primary N) is 1. The Balaban J connectivity index is 1.20. The number of guanidine groups is 1. The largest absolute Gasteiger partial charge is 0.484 e. The summed E-state index contributed by atoms with van der Waals surface area (Å²) in [5, 5.41) is 0. The van der Waals surface area contributed by atoms with Gasteiger partial charge in [-0.15, -0.1) is 0 Å². The zero-order chi connectivity index (χ0) is 24.1. The molecule has 6 nitrogen and oxygen atoms in total. The summed E-state index contributed by atoms with van der Waals surface area (Å²) in [5.41, 5.74) is 8.31. The average Bonchev–Trinajstić information content (AvgIpc) is 3.26. The van der Waals surface area contributed by atoms with Crippen LogP contribution in [0.2, 0.25) is 0 Å². The molecule has 0 aliphatic carbocycles. The minimum atomic E-state index is -0.502. The van der Waals surface area contributed by atoms with E-state index in [1.807, 2.05) is 47.4 Å². The molecule has 1 saturated heterocycles. The van der Waals surface area contributed by atoms with Crippen LogP contribution >= 0.6 is 0 Å². The van der Waals surface area contributed by atoms with Gasteiger partial charge in [0.05, 0.1) is 6.54 Å². The van der Waals surface area contributed by atoms with Crippen molar-refractivity contribution in [3.05, 3.63) is 102 Å². The van der Waals surface area contributed by atoms with Gasteiger partial charge in [-0.2, -0.15) is 0 Å². The third kappa shape index (κ3) is 5.02. The molecule has 0 atom stereocenters. The fourth-order valence-electron chi connectivity index (χ4n) is 5.15. The van der Waals surface area contributed by atoms with Crippen LogP contribution in [0.4, 0.5) is 0 Å². The highest BCUT2D eigenvalue weighted by molar-refractivity contribution is 5.82. The van der Waals surface area contributed by atoms with Crippen LogP contribution in [0.1, 0.15) is 24.0 Å². The molecule has 0 saturated carbocycles. The van der Waals surface area contributed by atoms with E-state index in [1.54, 1.807) is 0 Å². The lowest BCUT2D eigenvalue weighted by molar-refractivity contribution is -0.134. The summed E-state index contributed by atoms with van der Waals surface area (Å²) in [6.07, 6.45) is 1.90. The van der Waals surface area contributed by atoms with Crippen LogP contribution in [0.5, 0.6) is 5.75 Å². The van der Waals surface area contributed by atoms with Crippen molar-refractivity contribution in [2.45, 2.75) is 18.4 Å². The smallest absolute Gasteiger partial charge is 0.260 e. The van der Waals surface area contributed by atoms with Crippen molar-refractivity contribution < 1.29 is 9.53 Å². The van der Waals surface area contributed by atoms with Crippen LogP contribution in [-0.2, 0) is 10.3 Å². The zero-order valence-corrected chi connectivity index (χ0v) is 19.9. The summed E-state index contributed by atoms with van der Waals surface area (Å²) in [7, 11) is 0. The van der Waals surface area contributed by atoms with Crippen LogP contribution in [0, 0.1) is 5.92 Å². The Kier molecular flexibility index (Phi) is 6.70. The van der Waals surface area contributed by atoms with E-state index in [9.17, 15) is 4.79 Å². The Hall–Kier alpha value is -3.80. The van der Waals surface area contributed by atoms with Gasteiger partial charge >= 0.3 is 0 Å². The molecule has 2 aliphatic rings. The number of ether oxygens (including phenoxy) is 1.